The summed E-state index contributed by atoms with van der Waals surface area (Å²) in [6, 6.07) is 14.4. The minimum absolute atomic E-state index is 0.151. The Labute approximate surface area is 196 Å². The number of nitrogens with one attached hydrogen (secondary N) is 1. The van der Waals surface area contributed by atoms with Crippen molar-refractivity contribution in [3.05, 3.63) is 65.2 Å². The van der Waals surface area contributed by atoms with E-state index in [9.17, 15) is 13.2 Å². The number of hydrogen-bond acceptors (Lipinski definition) is 5. The number of morpholine rings is 1. The van der Waals surface area contributed by atoms with Crippen molar-refractivity contribution >= 4 is 15.9 Å². The van der Waals surface area contributed by atoms with Gasteiger partial charge in [-0.3, -0.25) is 9.69 Å². The summed E-state index contributed by atoms with van der Waals surface area (Å²) in [4.78, 5) is 15.4. The van der Waals surface area contributed by atoms with Gasteiger partial charge in [0.15, 0.2) is 0 Å². The lowest BCUT2D eigenvalue weighted by Crippen LogP contribution is -2.48. The number of sulfonamides is 1. The van der Waals surface area contributed by atoms with E-state index in [2.05, 4.69) is 16.3 Å². The average Bonchev–Trinajstić information content (AvgIpc) is 3.31. The maximum absolute atomic E-state index is 13.0. The monoisotopic (exact) mass is 471 g/mol. The Hall–Kier alpha value is -2.26. The molecule has 2 heterocycles. The summed E-state index contributed by atoms with van der Waals surface area (Å²) in [6.07, 6.45) is 2.19. The second-order valence-electron chi connectivity index (χ2n) is 9.04. The topological polar surface area (TPSA) is 79.0 Å². The molecule has 0 aliphatic carbocycles. The molecule has 0 radical (unpaired) electrons. The molecule has 2 aliphatic heterocycles. The Morgan fingerprint density at radius 2 is 1.58 bits per heavy atom. The number of nitrogens with zero attached hydrogens (tertiary/aromatic N) is 2. The van der Waals surface area contributed by atoms with Gasteiger partial charge in [0.05, 0.1) is 17.1 Å². The second-order valence-corrected chi connectivity index (χ2v) is 11.0. The summed E-state index contributed by atoms with van der Waals surface area (Å²) in [5.41, 5.74) is 2.78. The number of carbonyl (C=O) groups is 1. The Morgan fingerprint density at radius 1 is 0.970 bits per heavy atom. The lowest BCUT2D eigenvalue weighted by molar-refractivity contribution is -0.0440. The first kappa shape index (κ1) is 23.9. The molecule has 0 saturated carbocycles. The van der Waals surface area contributed by atoms with Gasteiger partial charge in [-0.15, -0.1) is 0 Å². The highest BCUT2D eigenvalue weighted by atomic mass is 32.2. The molecule has 178 valence electrons. The molecule has 7 nitrogen and oxygen atoms in total. The summed E-state index contributed by atoms with van der Waals surface area (Å²) in [7, 11) is -3.63. The fraction of sp³-hybridized carbons (Fsp3) is 0.480. The van der Waals surface area contributed by atoms with Crippen molar-refractivity contribution in [2.75, 3.05) is 26.2 Å². The Morgan fingerprint density at radius 3 is 2.21 bits per heavy atom. The first-order valence-electron chi connectivity index (χ1n) is 11.7. The summed E-state index contributed by atoms with van der Waals surface area (Å²) in [5, 5.41) is 2.98. The minimum Gasteiger partial charge on any atom is -0.373 e. The third kappa shape index (κ3) is 5.81. The maximum Gasteiger partial charge on any atom is 0.251 e. The largest absolute Gasteiger partial charge is 0.373 e. The van der Waals surface area contributed by atoms with E-state index < -0.39 is 10.0 Å². The molecule has 0 aromatic heterocycles. The fourth-order valence-corrected chi connectivity index (χ4v) is 6.19. The molecule has 33 heavy (non-hydrogen) atoms. The van der Waals surface area contributed by atoms with Crippen molar-refractivity contribution in [3.8, 4) is 0 Å². The molecule has 2 fully saturated rings. The van der Waals surface area contributed by atoms with Crippen LogP contribution in [0, 0.1) is 0 Å². The van der Waals surface area contributed by atoms with E-state index in [4.69, 9.17) is 4.74 Å². The zero-order valence-electron chi connectivity index (χ0n) is 19.4. The van der Waals surface area contributed by atoms with Crippen molar-refractivity contribution in [1.82, 2.24) is 14.5 Å². The molecule has 1 amide bonds. The van der Waals surface area contributed by atoms with Crippen LogP contribution >= 0.6 is 0 Å². The number of hydrogen-bond donors (Lipinski definition) is 1. The number of ether oxygens (including phenoxy) is 1. The van der Waals surface area contributed by atoms with Gasteiger partial charge < -0.3 is 10.1 Å². The lowest BCUT2D eigenvalue weighted by Gasteiger charge is -2.34. The highest BCUT2D eigenvalue weighted by Crippen LogP contribution is 2.22. The van der Waals surface area contributed by atoms with Crippen LogP contribution in [-0.4, -0.2) is 61.9 Å². The van der Waals surface area contributed by atoms with Crippen LogP contribution in [0.2, 0.25) is 0 Å². The predicted molar refractivity (Wildman–Crippen MR) is 127 cm³/mol. The zero-order valence-corrected chi connectivity index (χ0v) is 20.2. The highest BCUT2D eigenvalue weighted by molar-refractivity contribution is 7.89. The van der Waals surface area contributed by atoms with Crippen molar-refractivity contribution in [1.29, 1.82) is 0 Å². The van der Waals surface area contributed by atoms with Gasteiger partial charge >= 0.3 is 0 Å². The summed E-state index contributed by atoms with van der Waals surface area (Å²) >= 11 is 0. The fourth-order valence-electron chi connectivity index (χ4n) is 4.60. The predicted octanol–water partition coefficient (Wildman–Crippen LogP) is 3.01. The van der Waals surface area contributed by atoms with Gasteiger partial charge in [0.1, 0.15) is 0 Å². The van der Waals surface area contributed by atoms with Crippen LogP contribution in [0.25, 0.3) is 0 Å². The molecule has 0 unspecified atom stereocenters. The molecule has 2 aromatic rings. The second kappa shape index (κ2) is 10.3. The van der Waals surface area contributed by atoms with E-state index >= 15 is 0 Å². The summed E-state index contributed by atoms with van der Waals surface area (Å²) in [5.74, 6) is -0.219. The van der Waals surface area contributed by atoms with Crippen LogP contribution in [0.15, 0.2) is 53.4 Å². The van der Waals surface area contributed by atoms with Crippen LogP contribution in [0.3, 0.4) is 0 Å². The van der Waals surface area contributed by atoms with Crippen LogP contribution in [0.5, 0.6) is 0 Å². The molecule has 2 saturated heterocycles. The Balaban J connectivity index is 1.39. The molecule has 0 spiro atoms. The maximum atomic E-state index is 13.0. The van der Waals surface area contributed by atoms with Crippen LogP contribution < -0.4 is 5.32 Å². The average molecular weight is 472 g/mol. The lowest BCUT2D eigenvalue weighted by atomic mass is 10.1. The van der Waals surface area contributed by atoms with Crippen molar-refractivity contribution in [3.63, 3.8) is 0 Å². The quantitative estimate of drug-likeness (QED) is 0.672. The number of rotatable bonds is 7. The van der Waals surface area contributed by atoms with E-state index in [1.165, 1.54) is 34.8 Å². The molecule has 2 atom stereocenters. The molecule has 0 bridgehead atoms. The van der Waals surface area contributed by atoms with Gasteiger partial charge in [-0.05, 0) is 75.2 Å². The molecular weight excluding hydrogens is 438 g/mol. The smallest absolute Gasteiger partial charge is 0.251 e. The standard InChI is InChI=1S/C25H33N3O4S/c1-19-16-28(17-20(2)32-19)33(30,31)24-11-9-21(10-12-24)25(29)26-15-22-7-3-4-8-23(22)18-27-13-5-6-14-27/h3-4,7-12,19-20H,5-6,13-18H2,1-2H3,(H,26,29)/t19-,20-/m0/s1. The number of amides is 1. The molecule has 2 aliphatic rings. The minimum atomic E-state index is -3.63. The molecule has 1 N–H and O–H groups in total. The van der Waals surface area contributed by atoms with Gasteiger partial charge in [0.2, 0.25) is 10.0 Å². The van der Waals surface area contributed by atoms with Crippen molar-refractivity contribution in [2.45, 2.75) is 56.9 Å². The van der Waals surface area contributed by atoms with Gasteiger partial charge in [0.25, 0.3) is 5.91 Å². The summed E-state index contributed by atoms with van der Waals surface area (Å²) in [6.45, 7) is 7.97. The van der Waals surface area contributed by atoms with E-state index in [1.807, 2.05) is 32.0 Å². The van der Waals surface area contributed by atoms with Crippen molar-refractivity contribution in [2.24, 2.45) is 0 Å². The van der Waals surface area contributed by atoms with E-state index in [1.54, 1.807) is 12.1 Å². The van der Waals surface area contributed by atoms with Gasteiger partial charge in [0, 0.05) is 31.7 Å². The molecule has 8 heteroatoms. The number of carbonyl (C=O) groups excluding carboxylic acids is 1. The zero-order chi connectivity index (χ0) is 23.4. The van der Waals surface area contributed by atoms with E-state index in [-0.39, 0.29) is 23.0 Å². The van der Waals surface area contributed by atoms with Gasteiger partial charge in [-0.25, -0.2) is 8.42 Å². The third-order valence-electron chi connectivity index (χ3n) is 6.29. The summed E-state index contributed by atoms with van der Waals surface area (Å²) < 4.78 is 33.1. The van der Waals surface area contributed by atoms with Crippen molar-refractivity contribution < 1.29 is 17.9 Å². The van der Waals surface area contributed by atoms with Gasteiger partial charge in [-0.1, -0.05) is 24.3 Å². The Kier molecular flexibility index (Phi) is 7.48. The van der Waals surface area contributed by atoms with Crippen LogP contribution in [0.4, 0.5) is 0 Å². The number of likely N-dealkylation sites (tertiary alicyclic amines) is 1. The normalized spacial score (nSPS) is 22.4. The SMILES string of the molecule is C[C@H]1CN(S(=O)(=O)c2ccc(C(=O)NCc3ccccc3CN3CCCC3)cc2)C[C@H](C)O1. The molecular formula is C25H33N3O4S. The van der Waals surface area contributed by atoms with E-state index in [0.29, 0.717) is 25.2 Å². The molecule has 4 rings (SSSR count). The molecule has 2 aromatic carbocycles. The third-order valence-corrected chi connectivity index (χ3v) is 8.14. The number of benzene rings is 2. The first-order chi connectivity index (χ1) is 15.8. The first-order valence-corrected chi connectivity index (χ1v) is 13.1. The van der Waals surface area contributed by atoms with Crippen LogP contribution in [0.1, 0.15) is 48.2 Å². The van der Waals surface area contributed by atoms with Crippen LogP contribution in [-0.2, 0) is 27.8 Å². The Bertz CT molecular complexity index is 1060. The highest BCUT2D eigenvalue weighted by Gasteiger charge is 2.32. The van der Waals surface area contributed by atoms with Gasteiger partial charge in [-0.2, -0.15) is 4.31 Å². The van der Waals surface area contributed by atoms with E-state index in [0.717, 1.165) is 25.2 Å².